The van der Waals surface area contributed by atoms with E-state index in [1.54, 1.807) is 12.3 Å². The van der Waals surface area contributed by atoms with E-state index in [2.05, 4.69) is 58.8 Å². The minimum absolute atomic E-state index is 0.191. The molecule has 5 nitrogen and oxygen atoms in total. The Kier molecular flexibility index (Phi) is 6.42. The second-order valence-corrected chi connectivity index (χ2v) is 6.18. The molecule has 112 valence electrons. The second-order valence-electron chi connectivity index (χ2n) is 5.27. The lowest BCUT2D eigenvalue weighted by Gasteiger charge is -2.30. The van der Waals surface area contributed by atoms with Gasteiger partial charge in [0.2, 0.25) is 0 Å². The monoisotopic (exact) mass is 342 g/mol. The van der Waals surface area contributed by atoms with E-state index in [9.17, 15) is 4.79 Å². The zero-order valence-corrected chi connectivity index (χ0v) is 14.1. The molecule has 1 aromatic heterocycles. The summed E-state index contributed by atoms with van der Waals surface area (Å²) in [5, 5.41) is 2.89. The van der Waals surface area contributed by atoms with Gasteiger partial charge < -0.3 is 11.1 Å². The van der Waals surface area contributed by atoms with E-state index in [1.165, 1.54) is 0 Å². The molecule has 3 N–H and O–H groups in total. The average Bonchev–Trinajstić information content (AvgIpc) is 2.36. The van der Waals surface area contributed by atoms with Crippen LogP contribution in [-0.4, -0.2) is 41.0 Å². The van der Waals surface area contributed by atoms with E-state index in [0.29, 0.717) is 24.2 Å². The van der Waals surface area contributed by atoms with Gasteiger partial charge in [0, 0.05) is 35.8 Å². The lowest BCUT2D eigenvalue weighted by molar-refractivity contribution is 0.0940. The van der Waals surface area contributed by atoms with Crippen LogP contribution >= 0.6 is 15.9 Å². The van der Waals surface area contributed by atoms with E-state index < -0.39 is 0 Å². The van der Waals surface area contributed by atoms with Crippen molar-refractivity contribution in [1.82, 2.24) is 15.2 Å². The Morgan fingerprint density at radius 3 is 2.55 bits per heavy atom. The molecule has 0 fully saturated rings. The average molecular weight is 343 g/mol. The van der Waals surface area contributed by atoms with Gasteiger partial charge in [0.05, 0.1) is 5.56 Å². The minimum atomic E-state index is -0.191. The highest BCUT2D eigenvalue weighted by atomic mass is 79.9. The van der Waals surface area contributed by atoms with Crippen molar-refractivity contribution in [1.29, 1.82) is 0 Å². The van der Waals surface area contributed by atoms with Gasteiger partial charge in [-0.15, -0.1) is 0 Å². The largest absolute Gasteiger partial charge is 0.383 e. The number of pyridine rings is 1. The second kappa shape index (κ2) is 7.59. The van der Waals surface area contributed by atoms with Gasteiger partial charge in [-0.05, 0) is 49.7 Å². The standard InChI is InChI=1S/C14H23BrN4O/c1-9(2)19(10(3)4)6-5-17-14(20)12-7-11(15)8-18-13(12)16/h7-10H,5-6H2,1-4H3,(H2,16,18)(H,17,20). The number of nitrogens with two attached hydrogens (primary N) is 1. The fraction of sp³-hybridized carbons (Fsp3) is 0.571. The normalized spacial score (nSPS) is 11.4. The number of nitrogen functional groups attached to an aromatic ring is 1. The Hall–Kier alpha value is -1.14. The first kappa shape index (κ1) is 16.9. The van der Waals surface area contributed by atoms with Crippen molar-refractivity contribution in [3.05, 3.63) is 22.3 Å². The number of nitrogens with zero attached hydrogens (tertiary/aromatic N) is 2. The highest BCUT2D eigenvalue weighted by Crippen LogP contribution is 2.15. The van der Waals surface area contributed by atoms with Crippen LogP contribution in [0.25, 0.3) is 0 Å². The molecular formula is C14H23BrN4O. The van der Waals surface area contributed by atoms with Crippen molar-refractivity contribution < 1.29 is 4.79 Å². The van der Waals surface area contributed by atoms with Crippen molar-refractivity contribution in [2.45, 2.75) is 39.8 Å². The van der Waals surface area contributed by atoms with E-state index in [-0.39, 0.29) is 11.7 Å². The summed E-state index contributed by atoms with van der Waals surface area (Å²) in [6.45, 7) is 10.00. The van der Waals surface area contributed by atoms with Crippen LogP contribution in [0.4, 0.5) is 5.82 Å². The number of hydrogen-bond donors (Lipinski definition) is 2. The Morgan fingerprint density at radius 2 is 2.00 bits per heavy atom. The van der Waals surface area contributed by atoms with Gasteiger partial charge in [-0.1, -0.05) is 0 Å². The number of nitrogens with one attached hydrogen (secondary N) is 1. The first-order valence-corrected chi connectivity index (χ1v) is 7.57. The van der Waals surface area contributed by atoms with Crippen LogP contribution in [0, 0.1) is 0 Å². The molecule has 1 aromatic rings. The Balaban J connectivity index is 2.57. The first-order valence-electron chi connectivity index (χ1n) is 6.78. The summed E-state index contributed by atoms with van der Waals surface area (Å²) in [6.07, 6.45) is 1.57. The van der Waals surface area contributed by atoms with Crippen LogP contribution in [0.3, 0.4) is 0 Å². The third kappa shape index (κ3) is 4.76. The van der Waals surface area contributed by atoms with Crippen molar-refractivity contribution in [3.8, 4) is 0 Å². The van der Waals surface area contributed by atoms with Crippen LogP contribution in [0.2, 0.25) is 0 Å². The van der Waals surface area contributed by atoms with Crippen LogP contribution < -0.4 is 11.1 Å². The molecule has 1 heterocycles. The number of halogens is 1. The Labute approximate surface area is 129 Å². The minimum Gasteiger partial charge on any atom is -0.383 e. The van der Waals surface area contributed by atoms with E-state index in [1.807, 2.05) is 0 Å². The molecule has 0 aliphatic rings. The van der Waals surface area contributed by atoms with Crippen LogP contribution in [0.15, 0.2) is 16.7 Å². The highest BCUT2D eigenvalue weighted by Gasteiger charge is 2.15. The number of carbonyl (C=O) groups is 1. The van der Waals surface area contributed by atoms with Gasteiger partial charge in [0.25, 0.3) is 5.91 Å². The molecule has 1 rings (SSSR count). The molecule has 0 unspecified atom stereocenters. The number of rotatable bonds is 6. The first-order chi connectivity index (χ1) is 9.32. The molecule has 0 bridgehead atoms. The molecule has 0 saturated carbocycles. The number of aromatic nitrogens is 1. The summed E-state index contributed by atoms with van der Waals surface area (Å²) in [6, 6.07) is 2.58. The Morgan fingerprint density at radius 1 is 1.40 bits per heavy atom. The molecule has 0 aromatic carbocycles. The van der Waals surface area contributed by atoms with E-state index in [0.717, 1.165) is 11.0 Å². The maximum absolute atomic E-state index is 12.1. The van der Waals surface area contributed by atoms with Gasteiger partial charge in [0.1, 0.15) is 5.82 Å². The smallest absolute Gasteiger partial charge is 0.255 e. The van der Waals surface area contributed by atoms with Gasteiger partial charge in [-0.25, -0.2) is 4.98 Å². The molecular weight excluding hydrogens is 320 g/mol. The lowest BCUT2D eigenvalue weighted by atomic mass is 10.2. The summed E-state index contributed by atoms with van der Waals surface area (Å²) >= 11 is 3.29. The van der Waals surface area contributed by atoms with Gasteiger partial charge in [-0.3, -0.25) is 9.69 Å². The van der Waals surface area contributed by atoms with Crippen LogP contribution in [0.5, 0.6) is 0 Å². The predicted molar refractivity (Wildman–Crippen MR) is 85.7 cm³/mol. The summed E-state index contributed by atoms with van der Waals surface area (Å²) < 4.78 is 0.739. The molecule has 0 aliphatic heterocycles. The van der Waals surface area contributed by atoms with Crippen LogP contribution in [0.1, 0.15) is 38.1 Å². The quantitative estimate of drug-likeness (QED) is 0.831. The lowest BCUT2D eigenvalue weighted by Crippen LogP contribution is -2.42. The third-order valence-electron chi connectivity index (χ3n) is 3.11. The highest BCUT2D eigenvalue weighted by molar-refractivity contribution is 9.10. The van der Waals surface area contributed by atoms with E-state index >= 15 is 0 Å². The molecule has 0 saturated heterocycles. The molecule has 0 aliphatic carbocycles. The number of carbonyl (C=O) groups excluding carboxylic acids is 1. The summed E-state index contributed by atoms with van der Waals surface area (Å²) in [7, 11) is 0. The van der Waals surface area contributed by atoms with Crippen molar-refractivity contribution >= 4 is 27.7 Å². The third-order valence-corrected chi connectivity index (χ3v) is 3.55. The van der Waals surface area contributed by atoms with Crippen molar-refractivity contribution in [3.63, 3.8) is 0 Å². The molecule has 0 radical (unpaired) electrons. The molecule has 1 amide bonds. The SMILES string of the molecule is CC(C)N(CCNC(=O)c1cc(Br)cnc1N)C(C)C. The fourth-order valence-corrected chi connectivity index (χ4v) is 2.47. The zero-order valence-electron chi connectivity index (χ0n) is 12.5. The van der Waals surface area contributed by atoms with Gasteiger partial charge in [-0.2, -0.15) is 0 Å². The summed E-state index contributed by atoms with van der Waals surface area (Å²) in [5.74, 6) is 0.0547. The predicted octanol–water partition coefficient (Wildman–Crippen LogP) is 2.27. The van der Waals surface area contributed by atoms with Crippen LogP contribution in [-0.2, 0) is 0 Å². The van der Waals surface area contributed by atoms with Gasteiger partial charge >= 0.3 is 0 Å². The molecule has 6 heteroatoms. The van der Waals surface area contributed by atoms with Crippen molar-refractivity contribution in [2.24, 2.45) is 0 Å². The number of anilines is 1. The number of hydrogen-bond acceptors (Lipinski definition) is 4. The summed E-state index contributed by atoms with van der Waals surface area (Å²) in [5.41, 5.74) is 6.12. The molecule has 0 atom stereocenters. The molecule has 20 heavy (non-hydrogen) atoms. The maximum atomic E-state index is 12.1. The summed E-state index contributed by atoms with van der Waals surface area (Å²) in [4.78, 5) is 18.3. The van der Waals surface area contributed by atoms with Crippen molar-refractivity contribution in [2.75, 3.05) is 18.8 Å². The zero-order chi connectivity index (χ0) is 15.3. The number of amides is 1. The molecule has 0 spiro atoms. The topological polar surface area (TPSA) is 71.2 Å². The van der Waals surface area contributed by atoms with E-state index in [4.69, 9.17) is 5.73 Å². The maximum Gasteiger partial charge on any atom is 0.255 e. The Bertz CT molecular complexity index is 454. The van der Waals surface area contributed by atoms with Gasteiger partial charge in [0.15, 0.2) is 0 Å². The fourth-order valence-electron chi connectivity index (χ4n) is 2.14.